The molecule has 118 valence electrons. The molecule has 0 aliphatic heterocycles. The quantitative estimate of drug-likeness (QED) is 0.618. The van der Waals surface area contributed by atoms with Gasteiger partial charge in [0.1, 0.15) is 5.75 Å². The van der Waals surface area contributed by atoms with Crippen LogP contribution in [0.2, 0.25) is 0 Å². The number of hydrogen-bond donors (Lipinski definition) is 1. The van der Waals surface area contributed by atoms with Crippen molar-refractivity contribution in [3.63, 3.8) is 0 Å². The van der Waals surface area contributed by atoms with Crippen LogP contribution < -0.4 is 10.1 Å². The van der Waals surface area contributed by atoms with Gasteiger partial charge in [-0.05, 0) is 30.5 Å². The van der Waals surface area contributed by atoms with Gasteiger partial charge in [0.15, 0.2) is 4.34 Å². The van der Waals surface area contributed by atoms with E-state index in [2.05, 4.69) is 22.4 Å². The summed E-state index contributed by atoms with van der Waals surface area (Å²) < 4.78 is 6.10. The second kappa shape index (κ2) is 8.14. The highest BCUT2D eigenvalue weighted by Crippen LogP contribution is 2.26. The standard InChI is InChI=1S/C15H19N3O2S2/c1-4-7-21-15-18-17-14(22-15)16-13(19)9-11-5-6-12(20-3)10(2)8-11/h5-6,8H,4,7,9H2,1-3H3,(H,16,17,19). The Hall–Kier alpha value is -1.60. The molecule has 5 nitrogen and oxygen atoms in total. The van der Waals surface area contributed by atoms with E-state index in [1.54, 1.807) is 18.9 Å². The van der Waals surface area contributed by atoms with Gasteiger partial charge < -0.3 is 10.1 Å². The van der Waals surface area contributed by atoms with E-state index in [1.807, 2.05) is 25.1 Å². The molecule has 1 aromatic heterocycles. The van der Waals surface area contributed by atoms with Gasteiger partial charge >= 0.3 is 0 Å². The number of nitrogens with one attached hydrogen (secondary N) is 1. The van der Waals surface area contributed by atoms with E-state index in [1.165, 1.54) is 11.3 Å². The van der Waals surface area contributed by atoms with Gasteiger partial charge in [-0.3, -0.25) is 4.79 Å². The van der Waals surface area contributed by atoms with Gasteiger partial charge in [-0.15, -0.1) is 10.2 Å². The number of carbonyl (C=O) groups is 1. The van der Waals surface area contributed by atoms with E-state index in [4.69, 9.17) is 4.74 Å². The summed E-state index contributed by atoms with van der Waals surface area (Å²) in [7, 11) is 1.64. The number of aromatic nitrogens is 2. The molecule has 1 N–H and O–H groups in total. The molecule has 1 aromatic carbocycles. The molecule has 2 aromatic rings. The Balaban J connectivity index is 1.92. The lowest BCUT2D eigenvalue weighted by atomic mass is 10.1. The Bertz CT molecular complexity index is 643. The summed E-state index contributed by atoms with van der Waals surface area (Å²) in [5.41, 5.74) is 1.96. The van der Waals surface area contributed by atoms with Crippen molar-refractivity contribution in [3.8, 4) is 5.75 Å². The first-order chi connectivity index (χ1) is 10.6. The highest BCUT2D eigenvalue weighted by Gasteiger charge is 2.10. The number of amides is 1. The highest BCUT2D eigenvalue weighted by molar-refractivity contribution is 8.01. The first-order valence-corrected chi connectivity index (χ1v) is 8.82. The van der Waals surface area contributed by atoms with E-state index in [9.17, 15) is 4.79 Å². The molecule has 0 aliphatic carbocycles. The summed E-state index contributed by atoms with van der Waals surface area (Å²) in [5, 5.41) is 11.4. The molecule has 0 aliphatic rings. The predicted molar refractivity (Wildman–Crippen MR) is 91.0 cm³/mol. The molecule has 0 saturated heterocycles. The minimum atomic E-state index is -0.0900. The second-order valence-electron chi connectivity index (χ2n) is 4.75. The van der Waals surface area contributed by atoms with E-state index in [0.29, 0.717) is 11.6 Å². The first-order valence-electron chi connectivity index (χ1n) is 7.02. The molecule has 0 fully saturated rings. The largest absolute Gasteiger partial charge is 0.496 e. The van der Waals surface area contributed by atoms with Gasteiger partial charge in [-0.1, -0.05) is 42.2 Å². The number of nitrogens with zero attached hydrogens (tertiary/aromatic N) is 2. The van der Waals surface area contributed by atoms with Gasteiger partial charge in [-0.25, -0.2) is 0 Å². The lowest BCUT2D eigenvalue weighted by molar-refractivity contribution is -0.115. The van der Waals surface area contributed by atoms with Gasteiger partial charge in [0.2, 0.25) is 11.0 Å². The normalized spacial score (nSPS) is 10.5. The molecule has 0 atom stereocenters. The molecule has 0 saturated carbocycles. The lowest BCUT2D eigenvalue weighted by Gasteiger charge is -2.07. The van der Waals surface area contributed by atoms with Crippen molar-refractivity contribution in [1.29, 1.82) is 0 Å². The van der Waals surface area contributed by atoms with E-state index >= 15 is 0 Å². The van der Waals surface area contributed by atoms with Crippen LogP contribution in [0, 0.1) is 6.92 Å². The van der Waals surface area contributed by atoms with Gasteiger partial charge in [0.05, 0.1) is 13.5 Å². The first kappa shape index (κ1) is 16.8. The molecule has 1 heterocycles. The molecule has 0 radical (unpaired) electrons. The van der Waals surface area contributed by atoms with Gasteiger partial charge in [-0.2, -0.15) is 0 Å². The zero-order chi connectivity index (χ0) is 15.9. The second-order valence-corrected chi connectivity index (χ2v) is 7.07. The van der Waals surface area contributed by atoms with Crippen molar-refractivity contribution in [3.05, 3.63) is 29.3 Å². The highest BCUT2D eigenvalue weighted by atomic mass is 32.2. The van der Waals surface area contributed by atoms with Crippen LogP contribution in [-0.2, 0) is 11.2 Å². The number of methoxy groups -OCH3 is 1. The third-order valence-electron chi connectivity index (χ3n) is 2.91. The fourth-order valence-electron chi connectivity index (χ4n) is 1.91. The number of aryl methyl sites for hydroxylation is 1. The number of anilines is 1. The number of benzene rings is 1. The minimum absolute atomic E-state index is 0.0900. The minimum Gasteiger partial charge on any atom is -0.496 e. The number of thioether (sulfide) groups is 1. The summed E-state index contributed by atoms with van der Waals surface area (Å²) in [5.74, 6) is 1.74. The van der Waals surface area contributed by atoms with Crippen molar-refractivity contribution in [2.24, 2.45) is 0 Å². The molecular weight excluding hydrogens is 318 g/mol. The van der Waals surface area contributed by atoms with Gasteiger partial charge in [0.25, 0.3) is 0 Å². The van der Waals surface area contributed by atoms with E-state index in [0.717, 1.165) is 33.4 Å². The Morgan fingerprint density at radius 1 is 1.41 bits per heavy atom. The summed E-state index contributed by atoms with van der Waals surface area (Å²) in [4.78, 5) is 12.1. The zero-order valence-electron chi connectivity index (χ0n) is 12.9. The summed E-state index contributed by atoms with van der Waals surface area (Å²) in [6, 6.07) is 5.73. The summed E-state index contributed by atoms with van der Waals surface area (Å²) in [6.45, 7) is 4.08. The molecule has 0 unspecified atom stereocenters. The molecule has 7 heteroatoms. The van der Waals surface area contributed by atoms with Crippen molar-refractivity contribution < 1.29 is 9.53 Å². The van der Waals surface area contributed by atoms with Crippen molar-refractivity contribution >= 4 is 34.1 Å². The van der Waals surface area contributed by atoms with Gasteiger partial charge in [0, 0.05) is 5.75 Å². The lowest BCUT2D eigenvalue weighted by Crippen LogP contribution is -2.14. The topological polar surface area (TPSA) is 64.1 Å². The predicted octanol–water partition coefficient (Wildman–Crippen LogP) is 3.54. The molecular formula is C15H19N3O2S2. The average molecular weight is 337 g/mol. The van der Waals surface area contributed by atoms with Crippen LogP contribution in [0.3, 0.4) is 0 Å². The molecule has 22 heavy (non-hydrogen) atoms. The zero-order valence-corrected chi connectivity index (χ0v) is 14.5. The molecule has 2 rings (SSSR count). The number of hydrogen-bond acceptors (Lipinski definition) is 6. The van der Waals surface area contributed by atoms with Crippen LogP contribution >= 0.6 is 23.1 Å². The average Bonchev–Trinajstić information content (AvgIpc) is 2.92. The third kappa shape index (κ3) is 4.71. The Morgan fingerprint density at radius 3 is 2.91 bits per heavy atom. The summed E-state index contributed by atoms with van der Waals surface area (Å²) >= 11 is 3.07. The van der Waals surface area contributed by atoms with Crippen LogP contribution in [0.25, 0.3) is 0 Å². The fourth-order valence-corrected chi connectivity index (χ4v) is 3.60. The van der Waals surface area contributed by atoms with Crippen LogP contribution in [-0.4, -0.2) is 29.0 Å². The van der Waals surface area contributed by atoms with E-state index < -0.39 is 0 Å². The Morgan fingerprint density at radius 2 is 2.23 bits per heavy atom. The third-order valence-corrected chi connectivity index (χ3v) is 5.08. The Kier molecular flexibility index (Phi) is 6.21. The van der Waals surface area contributed by atoms with Crippen LogP contribution in [0.4, 0.5) is 5.13 Å². The van der Waals surface area contributed by atoms with Crippen LogP contribution in [0.1, 0.15) is 24.5 Å². The summed E-state index contributed by atoms with van der Waals surface area (Å²) in [6.07, 6.45) is 1.39. The number of rotatable bonds is 7. The van der Waals surface area contributed by atoms with Crippen LogP contribution in [0.5, 0.6) is 5.75 Å². The molecule has 0 spiro atoms. The maximum atomic E-state index is 12.1. The maximum absolute atomic E-state index is 12.1. The number of ether oxygens (including phenoxy) is 1. The van der Waals surface area contributed by atoms with Crippen molar-refractivity contribution in [2.75, 3.05) is 18.2 Å². The Labute approximate surface area is 138 Å². The van der Waals surface area contributed by atoms with Crippen molar-refractivity contribution in [1.82, 2.24) is 10.2 Å². The van der Waals surface area contributed by atoms with Crippen molar-refractivity contribution in [2.45, 2.75) is 31.0 Å². The smallest absolute Gasteiger partial charge is 0.230 e. The number of carbonyl (C=O) groups excluding carboxylic acids is 1. The molecule has 0 bridgehead atoms. The monoisotopic (exact) mass is 337 g/mol. The van der Waals surface area contributed by atoms with E-state index in [-0.39, 0.29) is 5.91 Å². The van der Waals surface area contributed by atoms with Crippen LogP contribution in [0.15, 0.2) is 22.5 Å². The fraction of sp³-hybridized carbons (Fsp3) is 0.400. The maximum Gasteiger partial charge on any atom is 0.230 e. The SMILES string of the molecule is CCCSc1nnc(NC(=O)Cc2ccc(OC)c(C)c2)s1. The molecule has 1 amide bonds.